The number of amides is 2. The number of carbonyl (C=O) groups is 3. The summed E-state index contributed by atoms with van der Waals surface area (Å²) in [5.41, 5.74) is 0.778. The lowest BCUT2D eigenvalue weighted by Crippen LogP contribution is -2.54. The highest BCUT2D eigenvalue weighted by Crippen LogP contribution is 2.15. The number of benzene rings is 1. The normalized spacial score (nSPS) is 22.4. The van der Waals surface area contributed by atoms with Crippen molar-refractivity contribution >= 4 is 17.8 Å². The van der Waals surface area contributed by atoms with Gasteiger partial charge in [0.15, 0.2) is 0 Å². The Morgan fingerprint density at radius 2 is 1.88 bits per heavy atom. The van der Waals surface area contributed by atoms with E-state index in [1.165, 1.54) is 0 Å². The van der Waals surface area contributed by atoms with Crippen LogP contribution in [0.25, 0.3) is 0 Å². The number of fused-ring (bicyclic) bond motifs is 12. The van der Waals surface area contributed by atoms with Crippen molar-refractivity contribution in [3.63, 3.8) is 0 Å². The van der Waals surface area contributed by atoms with Crippen molar-refractivity contribution in [1.29, 1.82) is 0 Å². The Morgan fingerprint density at radius 3 is 2.48 bits per heavy atom. The quantitative estimate of drug-likeness (QED) is 0.743. The standard InChI is InChI=1S/C18H24N2O5/c1-11(2)16-17(22)19-14(18(23)24)10-12-5-7-13(8-6-12)25-9-3-4-15(21)20-16/h5-8,11,14,16H,3-4,9-10H2,1-2H3,(H,19,22)(H,20,21)(H,23,24)/t14-,16-/m0/s1. The monoisotopic (exact) mass is 348 g/mol. The first kappa shape index (κ1) is 18.8. The van der Waals surface area contributed by atoms with Crippen molar-refractivity contribution in [1.82, 2.24) is 10.6 Å². The number of carboxylic acid groups (broad SMARTS) is 1. The number of nitrogens with one attached hydrogen (secondary N) is 2. The lowest BCUT2D eigenvalue weighted by molar-refractivity contribution is -0.142. The third-order valence-corrected chi connectivity index (χ3v) is 4.06. The van der Waals surface area contributed by atoms with Gasteiger partial charge in [-0.2, -0.15) is 0 Å². The highest BCUT2D eigenvalue weighted by molar-refractivity contribution is 5.90. The predicted octanol–water partition coefficient (Wildman–Crippen LogP) is 1.11. The zero-order valence-corrected chi connectivity index (χ0v) is 14.5. The molecule has 2 bridgehead atoms. The minimum atomic E-state index is -1.12. The molecule has 0 aromatic heterocycles. The maximum Gasteiger partial charge on any atom is 0.326 e. The summed E-state index contributed by atoms with van der Waals surface area (Å²) in [6.45, 7) is 4.00. The molecule has 3 N–H and O–H groups in total. The second-order valence-corrected chi connectivity index (χ2v) is 6.49. The van der Waals surface area contributed by atoms with Gasteiger partial charge in [0.1, 0.15) is 17.8 Å². The van der Waals surface area contributed by atoms with Gasteiger partial charge in [0, 0.05) is 12.8 Å². The Kier molecular flexibility index (Phi) is 6.38. The highest BCUT2D eigenvalue weighted by atomic mass is 16.5. The molecule has 0 unspecified atom stereocenters. The summed E-state index contributed by atoms with van der Waals surface area (Å²) >= 11 is 0. The molecule has 1 aromatic carbocycles. The number of carbonyl (C=O) groups excluding carboxylic acids is 2. The molecule has 7 heteroatoms. The van der Waals surface area contributed by atoms with Crippen LogP contribution in [0.15, 0.2) is 24.3 Å². The Bertz CT molecular complexity index is 627. The van der Waals surface area contributed by atoms with E-state index < -0.39 is 24.0 Å². The molecule has 2 aliphatic heterocycles. The predicted molar refractivity (Wildman–Crippen MR) is 91.2 cm³/mol. The van der Waals surface area contributed by atoms with Crippen LogP contribution in [-0.2, 0) is 20.8 Å². The van der Waals surface area contributed by atoms with Gasteiger partial charge in [0.2, 0.25) is 11.8 Å². The molecule has 1 aromatic rings. The lowest BCUT2D eigenvalue weighted by atomic mass is 10.0. The van der Waals surface area contributed by atoms with E-state index in [-0.39, 0.29) is 24.7 Å². The van der Waals surface area contributed by atoms with Crippen LogP contribution < -0.4 is 15.4 Å². The van der Waals surface area contributed by atoms with Crippen molar-refractivity contribution in [2.24, 2.45) is 5.92 Å². The van der Waals surface area contributed by atoms with Gasteiger partial charge in [0.25, 0.3) is 0 Å². The molecule has 136 valence electrons. The lowest BCUT2D eigenvalue weighted by Gasteiger charge is -2.24. The Labute approximate surface area is 146 Å². The van der Waals surface area contributed by atoms with Crippen LogP contribution in [0.1, 0.15) is 32.3 Å². The Morgan fingerprint density at radius 1 is 1.20 bits per heavy atom. The van der Waals surface area contributed by atoms with E-state index in [1.54, 1.807) is 38.1 Å². The zero-order chi connectivity index (χ0) is 18.4. The van der Waals surface area contributed by atoms with Gasteiger partial charge >= 0.3 is 5.97 Å². The van der Waals surface area contributed by atoms with Gasteiger partial charge in [-0.3, -0.25) is 9.59 Å². The zero-order valence-electron chi connectivity index (χ0n) is 14.5. The molecule has 0 aliphatic carbocycles. The molecule has 2 aliphatic rings. The molecular formula is C18H24N2O5. The summed E-state index contributed by atoms with van der Waals surface area (Å²) in [6.07, 6.45) is 0.912. The molecule has 2 atom stereocenters. The maximum atomic E-state index is 12.5. The van der Waals surface area contributed by atoms with Crippen LogP contribution in [0.5, 0.6) is 5.75 Å². The van der Waals surface area contributed by atoms with E-state index in [1.807, 2.05) is 0 Å². The number of rotatable bonds is 2. The van der Waals surface area contributed by atoms with E-state index in [2.05, 4.69) is 10.6 Å². The highest BCUT2D eigenvalue weighted by Gasteiger charge is 2.28. The first-order valence-electron chi connectivity index (χ1n) is 8.41. The molecular weight excluding hydrogens is 324 g/mol. The van der Waals surface area contributed by atoms with Gasteiger partial charge in [-0.1, -0.05) is 26.0 Å². The summed E-state index contributed by atoms with van der Waals surface area (Å²) in [6, 6.07) is 5.23. The average Bonchev–Trinajstić information content (AvgIpc) is 2.56. The molecule has 0 spiro atoms. The topological polar surface area (TPSA) is 105 Å². The fraction of sp³-hybridized carbons (Fsp3) is 0.500. The Balaban J connectivity index is 2.25. The SMILES string of the molecule is CC(C)[C@@H]1NC(=O)CCCOc2ccc(cc2)C[C@@H](C(=O)O)NC1=O. The van der Waals surface area contributed by atoms with Crippen molar-refractivity contribution in [2.45, 2.75) is 45.2 Å². The van der Waals surface area contributed by atoms with Gasteiger partial charge in [-0.15, -0.1) is 0 Å². The van der Waals surface area contributed by atoms with Crippen molar-refractivity contribution < 1.29 is 24.2 Å². The van der Waals surface area contributed by atoms with E-state index in [0.717, 1.165) is 5.56 Å². The van der Waals surface area contributed by atoms with Gasteiger partial charge in [0.05, 0.1) is 6.61 Å². The summed E-state index contributed by atoms with van der Waals surface area (Å²) in [7, 11) is 0. The molecule has 7 nitrogen and oxygen atoms in total. The minimum absolute atomic E-state index is 0.153. The third-order valence-electron chi connectivity index (χ3n) is 4.06. The van der Waals surface area contributed by atoms with Gasteiger partial charge in [-0.25, -0.2) is 4.79 Å². The molecule has 0 radical (unpaired) electrons. The number of hydrogen-bond donors (Lipinski definition) is 3. The molecule has 0 saturated carbocycles. The second kappa shape index (κ2) is 8.50. The first-order valence-corrected chi connectivity index (χ1v) is 8.41. The number of ether oxygens (including phenoxy) is 1. The summed E-state index contributed by atoms with van der Waals surface area (Å²) < 4.78 is 5.57. The van der Waals surface area contributed by atoms with Crippen molar-refractivity contribution in [3.05, 3.63) is 29.8 Å². The maximum absolute atomic E-state index is 12.5. The van der Waals surface area contributed by atoms with Crippen LogP contribution in [0, 0.1) is 5.92 Å². The smallest absolute Gasteiger partial charge is 0.326 e. The molecule has 0 saturated heterocycles. The molecule has 0 fully saturated rings. The van der Waals surface area contributed by atoms with Gasteiger partial charge < -0.3 is 20.5 Å². The fourth-order valence-corrected chi connectivity index (χ4v) is 2.62. The number of aliphatic carboxylic acids is 1. The third kappa shape index (κ3) is 5.48. The Hall–Kier alpha value is -2.57. The fourth-order valence-electron chi connectivity index (χ4n) is 2.62. The minimum Gasteiger partial charge on any atom is -0.494 e. The van der Waals surface area contributed by atoms with Crippen LogP contribution in [0.3, 0.4) is 0 Å². The van der Waals surface area contributed by atoms with E-state index in [9.17, 15) is 19.5 Å². The van der Waals surface area contributed by atoms with Crippen LogP contribution in [0.4, 0.5) is 0 Å². The van der Waals surface area contributed by atoms with Crippen LogP contribution >= 0.6 is 0 Å². The molecule has 3 rings (SSSR count). The van der Waals surface area contributed by atoms with Crippen molar-refractivity contribution in [3.8, 4) is 5.75 Å². The second-order valence-electron chi connectivity index (χ2n) is 6.49. The number of carboxylic acids is 1. The van der Waals surface area contributed by atoms with E-state index in [0.29, 0.717) is 18.8 Å². The average molecular weight is 348 g/mol. The van der Waals surface area contributed by atoms with Crippen LogP contribution in [-0.4, -0.2) is 41.6 Å². The number of hydrogen-bond acceptors (Lipinski definition) is 4. The van der Waals surface area contributed by atoms with Gasteiger partial charge in [-0.05, 0) is 30.0 Å². The molecule has 2 heterocycles. The van der Waals surface area contributed by atoms with E-state index >= 15 is 0 Å². The molecule has 25 heavy (non-hydrogen) atoms. The van der Waals surface area contributed by atoms with E-state index in [4.69, 9.17) is 4.74 Å². The molecule has 2 amide bonds. The largest absolute Gasteiger partial charge is 0.494 e. The first-order chi connectivity index (χ1) is 11.9. The van der Waals surface area contributed by atoms with Crippen molar-refractivity contribution in [2.75, 3.05) is 6.61 Å². The summed E-state index contributed by atoms with van der Waals surface area (Å²) in [5.74, 6) is -1.36. The summed E-state index contributed by atoms with van der Waals surface area (Å²) in [4.78, 5) is 36.1. The summed E-state index contributed by atoms with van der Waals surface area (Å²) in [5, 5.41) is 14.6. The van der Waals surface area contributed by atoms with Crippen LogP contribution in [0.2, 0.25) is 0 Å².